The Balaban J connectivity index is 2.33. The number of hydrogen-bond donors (Lipinski definition) is 1. The van der Waals surface area contributed by atoms with Crippen LogP contribution in [0.5, 0.6) is 0 Å². The molecule has 1 unspecified atom stereocenters. The summed E-state index contributed by atoms with van der Waals surface area (Å²) in [4.78, 5) is 10.5. The highest BCUT2D eigenvalue weighted by Crippen LogP contribution is 2.31. The van der Waals surface area contributed by atoms with Crippen molar-refractivity contribution in [2.45, 2.75) is 13.0 Å². The lowest BCUT2D eigenvalue weighted by molar-refractivity contribution is -0.384. The summed E-state index contributed by atoms with van der Waals surface area (Å²) in [7, 11) is 0. The summed E-state index contributed by atoms with van der Waals surface area (Å²) in [5.41, 5.74) is 0.786. The Hall–Kier alpha value is -2.94. The third-order valence-electron chi connectivity index (χ3n) is 3.08. The Morgan fingerprint density at radius 1 is 1.29 bits per heavy atom. The van der Waals surface area contributed by atoms with Crippen molar-refractivity contribution in [2.75, 3.05) is 5.32 Å². The molecule has 1 atom stereocenters. The van der Waals surface area contributed by atoms with Crippen LogP contribution in [0.25, 0.3) is 0 Å². The molecule has 1 N–H and O–H groups in total. The predicted molar refractivity (Wildman–Crippen MR) is 76.2 cm³/mol. The number of nitrogens with zero attached hydrogens (tertiary/aromatic N) is 2. The molecule has 0 aromatic heterocycles. The largest absolute Gasteiger partial charge is 0.373 e. The number of benzene rings is 2. The van der Waals surface area contributed by atoms with Crippen molar-refractivity contribution >= 4 is 11.4 Å². The summed E-state index contributed by atoms with van der Waals surface area (Å²) in [6.07, 6.45) is 0. The number of nitro benzene ring substituents is 1. The summed E-state index contributed by atoms with van der Waals surface area (Å²) in [5.74, 6) is -0.344. The van der Waals surface area contributed by atoms with Crippen LogP contribution in [0.2, 0.25) is 0 Å². The zero-order chi connectivity index (χ0) is 15.4. The van der Waals surface area contributed by atoms with Gasteiger partial charge in [0.1, 0.15) is 23.1 Å². The monoisotopic (exact) mass is 285 g/mol. The third-order valence-corrected chi connectivity index (χ3v) is 3.08. The zero-order valence-corrected chi connectivity index (χ0v) is 11.2. The molecule has 106 valence electrons. The first-order valence-corrected chi connectivity index (χ1v) is 6.22. The fraction of sp³-hybridized carbons (Fsp3) is 0.133. The second-order valence-electron chi connectivity index (χ2n) is 4.49. The molecule has 0 radical (unpaired) electrons. The number of halogens is 1. The SMILES string of the molecule is CC(Nc1cccc(C#N)c1[N+](=O)[O-])c1ccc(F)cc1. The number of hydrogen-bond acceptors (Lipinski definition) is 4. The van der Waals surface area contributed by atoms with Gasteiger partial charge in [-0.25, -0.2) is 4.39 Å². The highest BCUT2D eigenvalue weighted by molar-refractivity contribution is 5.69. The van der Waals surface area contributed by atoms with E-state index < -0.39 is 4.92 Å². The van der Waals surface area contributed by atoms with Crippen LogP contribution < -0.4 is 5.32 Å². The molecule has 0 aliphatic carbocycles. The summed E-state index contributed by atoms with van der Waals surface area (Å²) >= 11 is 0. The normalized spacial score (nSPS) is 11.5. The molecule has 2 aromatic carbocycles. The molecular weight excluding hydrogens is 273 g/mol. The molecule has 2 aromatic rings. The van der Waals surface area contributed by atoms with E-state index >= 15 is 0 Å². The van der Waals surface area contributed by atoms with Gasteiger partial charge in [-0.05, 0) is 36.8 Å². The number of nitrogens with one attached hydrogen (secondary N) is 1. The van der Waals surface area contributed by atoms with Gasteiger partial charge in [0.15, 0.2) is 0 Å². The van der Waals surface area contributed by atoms with E-state index in [-0.39, 0.29) is 28.8 Å². The Kier molecular flexibility index (Phi) is 4.14. The van der Waals surface area contributed by atoms with Crippen LogP contribution in [0.3, 0.4) is 0 Å². The van der Waals surface area contributed by atoms with Gasteiger partial charge in [0.25, 0.3) is 0 Å². The lowest BCUT2D eigenvalue weighted by Crippen LogP contribution is -2.09. The van der Waals surface area contributed by atoms with E-state index in [0.29, 0.717) is 0 Å². The first kappa shape index (κ1) is 14.5. The Labute approximate surface area is 120 Å². The second kappa shape index (κ2) is 6.01. The van der Waals surface area contributed by atoms with Crippen molar-refractivity contribution in [3.8, 4) is 6.07 Å². The molecule has 0 saturated carbocycles. The van der Waals surface area contributed by atoms with E-state index in [1.165, 1.54) is 18.2 Å². The van der Waals surface area contributed by atoms with Crippen LogP contribution in [-0.2, 0) is 0 Å². The topological polar surface area (TPSA) is 79.0 Å². The van der Waals surface area contributed by atoms with Crippen molar-refractivity contribution in [1.82, 2.24) is 0 Å². The average Bonchev–Trinajstić information content (AvgIpc) is 2.47. The summed E-state index contributed by atoms with van der Waals surface area (Å²) in [5, 5.41) is 23.1. The first-order valence-electron chi connectivity index (χ1n) is 6.22. The molecule has 0 heterocycles. The molecule has 2 rings (SSSR count). The Morgan fingerprint density at radius 2 is 1.95 bits per heavy atom. The molecule has 21 heavy (non-hydrogen) atoms. The molecule has 0 amide bonds. The van der Waals surface area contributed by atoms with Gasteiger partial charge in [0, 0.05) is 6.04 Å². The predicted octanol–water partition coefficient (Wildman–Crippen LogP) is 3.78. The number of nitro groups is 1. The second-order valence-corrected chi connectivity index (χ2v) is 4.49. The maximum atomic E-state index is 12.9. The van der Waals surface area contributed by atoms with E-state index in [4.69, 9.17) is 5.26 Å². The highest BCUT2D eigenvalue weighted by atomic mass is 19.1. The lowest BCUT2D eigenvalue weighted by Gasteiger charge is -2.16. The Morgan fingerprint density at radius 3 is 2.52 bits per heavy atom. The van der Waals surface area contributed by atoms with Crippen LogP contribution in [0, 0.1) is 27.3 Å². The number of para-hydroxylation sites is 1. The minimum atomic E-state index is -0.585. The van der Waals surface area contributed by atoms with Gasteiger partial charge in [-0.2, -0.15) is 5.26 Å². The molecule has 0 spiro atoms. The van der Waals surface area contributed by atoms with Crippen LogP contribution in [0.1, 0.15) is 24.1 Å². The molecule has 0 aliphatic heterocycles. The quantitative estimate of drug-likeness (QED) is 0.685. The summed E-state index contributed by atoms with van der Waals surface area (Å²) in [6.45, 7) is 1.80. The fourth-order valence-electron chi connectivity index (χ4n) is 2.01. The average molecular weight is 285 g/mol. The maximum absolute atomic E-state index is 12.9. The molecule has 0 bridgehead atoms. The smallest absolute Gasteiger partial charge is 0.309 e. The highest BCUT2D eigenvalue weighted by Gasteiger charge is 2.20. The molecule has 0 saturated heterocycles. The molecular formula is C15H12FN3O2. The first-order chi connectivity index (χ1) is 10.0. The fourth-order valence-corrected chi connectivity index (χ4v) is 2.01. The minimum Gasteiger partial charge on any atom is -0.373 e. The summed E-state index contributed by atoms with van der Waals surface area (Å²) in [6, 6.07) is 11.9. The van der Waals surface area contributed by atoms with E-state index in [2.05, 4.69) is 5.32 Å². The standard InChI is InChI=1S/C15H12FN3O2/c1-10(11-5-7-13(16)8-6-11)18-14-4-2-3-12(9-17)15(14)19(20)21/h2-8,10,18H,1H3. The van der Waals surface area contributed by atoms with Crippen LogP contribution >= 0.6 is 0 Å². The number of nitriles is 1. The zero-order valence-electron chi connectivity index (χ0n) is 11.2. The number of rotatable bonds is 4. The third kappa shape index (κ3) is 3.15. The molecule has 0 aliphatic rings. The van der Waals surface area contributed by atoms with Gasteiger partial charge in [-0.3, -0.25) is 10.1 Å². The minimum absolute atomic E-state index is 0.00342. The van der Waals surface area contributed by atoms with Crippen LogP contribution in [0.15, 0.2) is 42.5 Å². The van der Waals surface area contributed by atoms with E-state index in [1.54, 1.807) is 37.3 Å². The van der Waals surface area contributed by atoms with E-state index in [1.807, 2.05) is 0 Å². The van der Waals surface area contributed by atoms with Crippen LogP contribution in [0.4, 0.5) is 15.8 Å². The van der Waals surface area contributed by atoms with Gasteiger partial charge in [0.2, 0.25) is 0 Å². The molecule has 0 fully saturated rings. The van der Waals surface area contributed by atoms with Crippen molar-refractivity contribution in [1.29, 1.82) is 5.26 Å². The Bertz CT molecular complexity index is 708. The molecule has 5 nitrogen and oxygen atoms in total. The van der Waals surface area contributed by atoms with Crippen molar-refractivity contribution in [3.05, 3.63) is 69.5 Å². The van der Waals surface area contributed by atoms with Gasteiger partial charge >= 0.3 is 5.69 Å². The lowest BCUT2D eigenvalue weighted by atomic mass is 10.1. The van der Waals surface area contributed by atoms with Crippen LogP contribution in [-0.4, -0.2) is 4.92 Å². The molecule has 6 heteroatoms. The van der Waals surface area contributed by atoms with Gasteiger partial charge < -0.3 is 5.32 Å². The van der Waals surface area contributed by atoms with Gasteiger partial charge in [0.05, 0.1) is 4.92 Å². The van der Waals surface area contributed by atoms with Crippen molar-refractivity contribution in [2.24, 2.45) is 0 Å². The van der Waals surface area contributed by atoms with Crippen molar-refractivity contribution < 1.29 is 9.31 Å². The van der Waals surface area contributed by atoms with Gasteiger partial charge in [-0.15, -0.1) is 0 Å². The summed E-state index contributed by atoms with van der Waals surface area (Å²) < 4.78 is 12.9. The van der Waals surface area contributed by atoms with E-state index in [9.17, 15) is 14.5 Å². The van der Waals surface area contributed by atoms with Crippen molar-refractivity contribution in [3.63, 3.8) is 0 Å². The van der Waals surface area contributed by atoms with E-state index in [0.717, 1.165) is 5.56 Å². The number of anilines is 1. The van der Waals surface area contributed by atoms with Gasteiger partial charge in [-0.1, -0.05) is 18.2 Å². The maximum Gasteiger partial charge on any atom is 0.309 e.